The highest BCUT2D eigenvalue weighted by Gasteiger charge is 2.06. The lowest BCUT2D eigenvalue weighted by atomic mass is 10.1. The van der Waals surface area contributed by atoms with E-state index < -0.39 is 0 Å². The minimum absolute atomic E-state index is 0.182. The second kappa shape index (κ2) is 7.41. The van der Waals surface area contributed by atoms with E-state index in [0.717, 1.165) is 30.5 Å². The van der Waals surface area contributed by atoms with E-state index in [1.54, 1.807) is 0 Å². The van der Waals surface area contributed by atoms with Crippen LogP contribution in [0.15, 0.2) is 54.6 Å². The van der Waals surface area contributed by atoms with Crippen LogP contribution in [0.3, 0.4) is 0 Å². The van der Waals surface area contributed by atoms with Crippen molar-refractivity contribution in [2.75, 3.05) is 11.9 Å². The van der Waals surface area contributed by atoms with Gasteiger partial charge in [0.05, 0.1) is 0 Å². The highest BCUT2D eigenvalue weighted by molar-refractivity contribution is 9.09. The summed E-state index contributed by atoms with van der Waals surface area (Å²) in [6, 6.07) is 17.1. The van der Waals surface area contributed by atoms with Crippen LogP contribution in [-0.4, -0.2) is 16.8 Å². The summed E-state index contributed by atoms with van der Waals surface area (Å²) in [5, 5.41) is 0.932. The summed E-state index contributed by atoms with van der Waals surface area (Å²) >= 11 is 3.49. The average Bonchev–Trinajstić information content (AvgIpc) is 2.43. The van der Waals surface area contributed by atoms with Crippen molar-refractivity contribution in [1.29, 1.82) is 0 Å². The van der Waals surface area contributed by atoms with Crippen molar-refractivity contribution in [3.63, 3.8) is 0 Å². The number of hydrogen-bond donors (Lipinski definition) is 0. The number of halogens is 2. The number of alkyl halides is 1. The summed E-state index contributed by atoms with van der Waals surface area (Å²) in [6.07, 6.45) is 0. The molecule has 0 saturated carbocycles. The molecule has 100 valence electrons. The molecule has 2 aromatic carbocycles. The fraction of sp³-hybridized carbons (Fsp3) is 0.250. The molecule has 2 rings (SSSR count). The first kappa shape index (κ1) is 14.2. The predicted octanol–water partition coefficient (Wildman–Crippen LogP) is 4.22. The minimum atomic E-state index is -0.182. The van der Waals surface area contributed by atoms with Crippen LogP contribution < -0.4 is 0 Å². The fourth-order valence-electron chi connectivity index (χ4n) is 2.02. The van der Waals surface area contributed by atoms with Crippen molar-refractivity contribution >= 4 is 15.9 Å². The first-order chi connectivity index (χ1) is 9.28. The third-order valence-corrected chi connectivity index (χ3v) is 3.32. The Morgan fingerprint density at radius 2 is 1.42 bits per heavy atom. The standard InChI is InChI=1S/C16H17BrFN/c17-10-11-19(12-14-4-2-1-3-5-14)13-15-6-8-16(18)9-7-15/h1-9H,10-13H2. The molecular formula is C16H17BrFN. The van der Waals surface area contributed by atoms with E-state index in [1.807, 2.05) is 18.2 Å². The second-order valence-corrected chi connectivity index (χ2v) is 5.30. The van der Waals surface area contributed by atoms with Gasteiger partial charge in [0.2, 0.25) is 0 Å². The Hall–Kier alpha value is -1.19. The zero-order valence-corrected chi connectivity index (χ0v) is 12.3. The molecule has 0 bridgehead atoms. The highest BCUT2D eigenvalue weighted by atomic mass is 79.9. The van der Waals surface area contributed by atoms with Crippen LogP contribution >= 0.6 is 15.9 Å². The predicted molar refractivity (Wildman–Crippen MR) is 80.8 cm³/mol. The molecule has 0 aliphatic rings. The highest BCUT2D eigenvalue weighted by Crippen LogP contribution is 2.11. The molecule has 0 aromatic heterocycles. The average molecular weight is 322 g/mol. The quantitative estimate of drug-likeness (QED) is 0.720. The van der Waals surface area contributed by atoms with E-state index in [1.165, 1.54) is 17.7 Å². The van der Waals surface area contributed by atoms with Crippen molar-refractivity contribution in [3.05, 3.63) is 71.5 Å². The van der Waals surface area contributed by atoms with Gasteiger partial charge in [0, 0.05) is 25.0 Å². The Balaban J connectivity index is 2.01. The first-order valence-electron chi connectivity index (χ1n) is 6.34. The summed E-state index contributed by atoms with van der Waals surface area (Å²) in [4.78, 5) is 2.34. The summed E-state index contributed by atoms with van der Waals surface area (Å²) in [6.45, 7) is 2.71. The molecule has 0 saturated heterocycles. The molecule has 19 heavy (non-hydrogen) atoms. The number of nitrogens with zero attached hydrogens (tertiary/aromatic N) is 1. The Morgan fingerprint density at radius 1 is 0.842 bits per heavy atom. The smallest absolute Gasteiger partial charge is 0.123 e. The van der Waals surface area contributed by atoms with Crippen molar-refractivity contribution in [2.24, 2.45) is 0 Å². The van der Waals surface area contributed by atoms with Gasteiger partial charge in [-0.05, 0) is 23.3 Å². The molecule has 0 radical (unpaired) electrons. The van der Waals surface area contributed by atoms with Crippen molar-refractivity contribution in [1.82, 2.24) is 4.90 Å². The van der Waals surface area contributed by atoms with Gasteiger partial charge >= 0.3 is 0 Å². The second-order valence-electron chi connectivity index (χ2n) is 4.51. The van der Waals surface area contributed by atoms with Crippen molar-refractivity contribution in [2.45, 2.75) is 13.1 Å². The van der Waals surface area contributed by atoms with Crippen LogP contribution in [0.4, 0.5) is 4.39 Å². The maximum Gasteiger partial charge on any atom is 0.123 e. The Morgan fingerprint density at radius 3 is 2.00 bits per heavy atom. The van der Waals surface area contributed by atoms with E-state index >= 15 is 0 Å². The molecule has 0 fully saturated rings. The van der Waals surface area contributed by atoms with Crippen LogP contribution in [0.25, 0.3) is 0 Å². The normalized spacial score (nSPS) is 10.9. The van der Waals surface area contributed by atoms with E-state index in [-0.39, 0.29) is 5.82 Å². The topological polar surface area (TPSA) is 3.24 Å². The zero-order valence-electron chi connectivity index (χ0n) is 10.7. The Bertz CT molecular complexity index is 484. The molecule has 3 heteroatoms. The summed E-state index contributed by atoms with van der Waals surface area (Å²) in [7, 11) is 0. The van der Waals surface area contributed by atoms with Crippen LogP contribution in [0.5, 0.6) is 0 Å². The Kier molecular flexibility index (Phi) is 5.55. The van der Waals surface area contributed by atoms with Gasteiger partial charge in [-0.25, -0.2) is 4.39 Å². The van der Waals surface area contributed by atoms with Crippen LogP contribution in [0, 0.1) is 5.82 Å². The van der Waals surface area contributed by atoms with Crippen LogP contribution in [0.1, 0.15) is 11.1 Å². The summed E-state index contributed by atoms with van der Waals surface area (Å²) in [5.41, 5.74) is 2.43. The lowest BCUT2D eigenvalue weighted by Gasteiger charge is -2.21. The lowest BCUT2D eigenvalue weighted by Crippen LogP contribution is -2.24. The number of rotatable bonds is 6. The van der Waals surface area contributed by atoms with E-state index in [0.29, 0.717) is 0 Å². The fourth-order valence-corrected chi connectivity index (χ4v) is 2.52. The van der Waals surface area contributed by atoms with Gasteiger partial charge in [0.1, 0.15) is 5.82 Å². The molecular weight excluding hydrogens is 305 g/mol. The number of hydrogen-bond acceptors (Lipinski definition) is 1. The molecule has 0 aliphatic carbocycles. The first-order valence-corrected chi connectivity index (χ1v) is 7.47. The number of benzene rings is 2. The monoisotopic (exact) mass is 321 g/mol. The van der Waals surface area contributed by atoms with Crippen molar-refractivity contribution in [3.8, 4) is 0 Å². The van der Waals surface area contributed by atoms with E-state index in [4.69, 9.17) is 0 Å². The maximum atomic E-state index is 12.9. The molecule has 0 amide bonds. The molecule has 0 atom stereocenters. The summed E-state index contributed by atoms with van der Waals surface area (Å²) in [5.74, 6) is -0.182. The van der Waals surface area contributed by atoms with Gasteiger partial charge in [0.25, 0.3) is 0 Å². The minimum Gasteiger partial charge on any atom is -0.294 e. The molecule has 0 spiro atoms. The Labute approximate surface area is 122 Å². The van der Waals surface area contributed by atoms with Gasteiger partial charge in [-0.15, -0.1) is 0 Å². The van der Waals surface area contributed by atoms with Gasteiger partial charge in [-0.1, -0.05) is 58.4 Å². The zero-order chi connectivity index (χ0) is 13.5. The summed E-state index contributed by atoms with van der Waals surface area (Å²) < 4.78 is 12.9. The lowest BCUT2D eigenvalue weighted by molar-refractivity contribution is 0.274. The molecule has 0 aliphatic heterocycles. The van der Waals surface area contributed by atoms with Gasteiger partial charge < -0.3 is 0 Å². The van der Waals surface area contributed by atoms with E-state index in [9.17, 15) is 4.39 Å². The largest absolute Gasteiger partial charge is 0.294 e. The molecule has 2 aromatic rings. The van der Waals surface area contributed by atoms with Gasteiger partial charge in [0.15, 0.2) is 0 Å². The third-order valence-electron chi connectivity index (χ3n) is 2.97. The van der Waals surface area contributed by atoms with Crippen molar-refractivity contribution < 1.29 is 4.39 Å². The van der Waals surface area contributed by atoms with E-state index in [2.05, 4.69) is 45.1 Å². The van der Waals surface area contributed by atoms with Gasteiger partial charge in [-0.3, -0.25) is 4.90 Å². The van der Waals surface area contributed by atoms with Gasteiger partial charge in [-0.2, -0.15) is 0 Å². The third kappa shape index (κ3) is 4.77. The molecule has 0 N–H and O–H groups in total. The molecule has 0 heterocycles. The molecule has 1 nitrogen and oxygen atoms in total. The maximum absolute atomic E-state index is 12.9. The van der Waals surface area contributed by atoms with Crippen LogP contribution in [0.2, 0.25) is 0 Å². The van der Waals surface area contributed by atoms with Crippen LogP contribution in [-0.2, 0) is 13.1 Å². The molecule has 0 unspecified atom stereocenters. The SMILES string of the molecule is Fc1ccc(CN(CCBr)Cc2ccccc2)cc1.